The van der Waals surface area contributed by atoms with Crippen molar-refractivity contribution in [1.82, 2.24) is 0 Å². The van der Waals surface area contributed by atoms with Crippen molar-refractivity contribution in [2.45, 2.75) is 105 Å². The van der Waals surface area contributed by atoms with Gasteiger partial charge < -0.3 is 20.4 Å². The molecule has 0 aromatic heterocycles. The van der Waals surface area contributed by atoms with Gasteiger partial charge in [0.25, 0.3) is 0 Å². The maximum Gasteiger partial charge on any atom is 0.0627 e. The lowest BCUT2D eigenvalue weighted by Gasteiger charge is -2.23. The zero-order valence-electron chi connectivity index (χ0n) is 24.2. The average molecular weight is 517 g/mol. The molecule has 0 atom stereocenters. The summed E-state index contributed by atoms with van der Waals surface area (Å²) in [6.07, 6.45) is 15.4. The maximum atomic E-state index is 8.50. The van der Waals surface area contributed by atoms with Crippen molar-refractivity contribution in [2.24, 2.45) is 5.41 Å². The van der Waals surface area contributed by atoms with E-state index >= 15 is 0 Å². The van der Waals surface area contributed by atoms with Gasteiger partial charge in [-0.1, -0.05) is 102 Å². The van der Waals surface area contributed by atoms with Gasteiger partial charge in [0.1, 0.15) is 0 Å². The topological polar surface area (TPSA) is 80.9 Å². The van der Waals surface area contributed by atoms with Crippen LogP contribution in [0.15, 0.2) is 48.5 Å². The highest BCUT2D eigenvalue weighted by Gasteiger charge is 2.26. The van der Waals surface area contributed by atoms with E-state index in [4.69, 9.17) is 20.4 Å². The standard InChI is InChI=1S/2C14H22.C5H12O4/c2*1-3-5-8-13-10-7-11-14(12-13)9-6-4-2;6-1-5(2-7,3-8)4-9/h2*7,10-12H,3-6,8-9H2,1-2H3;6-9H,1-4H2. The maximum absolute atomic E-state index is 8.50. The molecular weight excluding hydrogens is 460 g/mol. The third kappa shape index (κ3) is 16.7. The van der Waals surface area contributed by atoms with E-state index in [1.165, 1.54) is 99.3 Å². The molecule has 0 fully saturated rings. The molecule has 0 amide bonds. The zero-order chi connectivity index (χ0) is 27.8. The Morgan fingerprint density at radius 2 is 0.703 bits per heavy atom. The van der Waals surface area contributed by atoms with Crippen molar-refractivity contribution in [3.63, 3.8) is 0 Å². The normalized spacial score (nSPS) is 10.8. The second-order valence-electron chi connectivity index (χ2n) is 10.2. The fourth-order valence-corrected chi connectivity index (χ4v) is 3.70. The van der Waals surface area contributed by atoms with Crippen molar-refractivity contribution in [2.75, 3.05) is 26.4 Å². The Bertz CT molecular complexity index is 651. The predicted molar refractivity (Wildman–Crippen MR) is 158 cm³/mol. The number of benzene rings is 2. The molecule has 0 aliphatic carbocycles. The summed E-state index contributed by atoms with van der Waals surface area (Å²) in [5.41, 5.74) is 4.95. The summed E-state index contributed by atoms with van der Waals surface area (Å²) in [6.45, 7) is 7.38. The first kappa shape index (κ1) is 35.3. The van der Waals surface area contributed by atoms with E-state index in [1.807, 2.05) is 0 Å². The SMILES string of the molecule is CCCCc1cccc(CCCC)c1.CCCCc1cccc(CCCC)c1.OCC(CO)(CO)CO. The molecule has 0 saturated carbocycles. The first-order valence-corrected chi connectivity index (χ1v) is 14.6. The van der Waals surface area contributed by atoms with Crippen molar-refractivity contribution >= 4 is 0 Å². The molecule has 0 heterocycles. The summed E-state index contributed by atoms with van der Waals surface area (Å²) >= 11 is 0. The van der Waals surface area contributed by atoms with Gasteiger partial charge in [-0.2, -0.15) is 0 Å². The first-order valence-electron chi connectivity index (χ1n) is 14.6. The monoisotopic (exact) mass is 516 g/mol. The van der Waals surface area contributed by atoms with E-state index in [9.17, 15) is 0 Å². The molecule has 0 aliphatic heterocycles. The zero-order valence-corrected chi connectivity index (χ0v) is 24.2. The molecular formula is C33H56O4. The van der Waals surface area contributed by atoms with Crippen molar-refractivity contribution in [1.29, 1.82) is 0 Å². The van der Waals surface area contributed by atoms with Crippen molar-refractivity contribution in [3.05, 3.63) is 70.8 Å². The Balaban J connectivity index is 0.000000541. The fraction of sp³-hybridized carbons (Fsp3) is 0.636. The van der Waals surface area contributed by atoms with Crippen molar-refractivity contribution in [3.8, 4) is 0 Å². The number of rotatable bonds is 16. The van der Waals surface area contributed by atoms with Crippen LogP contribution in [-0.2, 0) is 25.7 Å². The number of aryl methyl sites for hydroxylation is 4. The van der Waals surface area contributed by atoms with Crippen molar-refractivity contribution < 1.29 is 20.4 Å². The lowest BCUT2D eigenvalue weighted by molar-refractivity contribution is -0.0328. The van der Waals surface area contributed by atoms with E-state index in [1.54, 1.807) is 0 Å². The molecule has 0 aliphatic rings. The van der Waals surface area contributed by atoms with Crippen LogP contribution in [0.5, 0.6) is 0 Å². The summed E-state index contributed by atoms with van der Waals surface area (Å²) < 4.78 is 0. The van der Waals surface area contributed by atoms with E-state index < -0.39 is 31.8 Å². The van der Waals surface area contributed by atoms with Gasteiger partial charge in [0.05, 0.1) is 31.8 Å². The number of aliphatic hydroxyl groups is 4. The molecule has 212 valence electrons. The van der Waals surface area contributed by atoms with Crippen LogP contribution < -0.4 is 0 Å². The van der Waals surface area contributed by atoms with Crippen LogP contribution in [-0.4, -0.2) is 46.9 Å². The highest BCUT2D eigenvalue weighted by Crippen LogP contribution is 2.13. The van der Waals surface area contributed by atoms with Gasteiger partial charge in [-0.15, -0.1) is 0 Å². The fourth-order valence-electron chi connectivity index (χ4n) is 3.70. The molecule has 37 heavy (non-hydrogen) atoms. The highest BCUT2D eigenvalue weighted by molar-refractivity contribution is 5.24. The van der Waals surface area contributed by atoms with Gasteiger partial charge in [-0.25, -0.2) is 0 Å². The minimum Gasteiger partial charge on any atom is -0.396 e. The van der Waals surface area contributed by atoms with Gasteiger partial charge >= 0.3 is 0 Å². The number of aliphatic hydroxyl groups excluding tert-OH is 4. The van der Waals surface area contributed by atoms with Gasteiger partial charge in [0.2, 0.25) is 0 Å². The molecule has 0 unspecified atom stereocenters. The molecule has 4 nitrogen and oxygen atoms in total. The Morgan fingerprint density at radius 1 is 0.459 bits per heavy atom. The molecule has 0 spiro atoms. The molecule has 2 aromatic carbocycles. The second-order valence-corrected chi connectivity index (χ2v) is 10.2. The van der Waals surface area contributed by atoms with Crippen LogP contribution in [0.25, 0.3) is 0 Å². The molecule has 0 saturated heterocycles. The van der Waals surface area contributed by atoms with E-state index in [2.05, 4.69) is 76.2 Å². The summed E-state index contributed by atoms with van der Waals surface area (Å²) in [7, 11) is 0. The number of unbranched alkanes of at least 4 members (excludes halogenated alkanes) is 4. The third-order valence-corrected chi connectivity index (χ3v) is 6.60. The lowest BCUT2D eigenvalue weighted by atomic mass is 9.93. The van der Waals surface area contributed by atoms with Gasteiger partial charge in [-0.3, -0.25) is 0 Å². The molecule has 2 rings (SSSR count). The Kier molecular flexibility index (Phi) is 22.3. The summed E-state index contributed by atoms with van der Waals surface area (Å²) in [5, 5.41) is 34.0. The van der Waals surface area contributed by atoms with Crippen LogP contribution in [0.3, 0.4) is 0 Å². The number of hydrogen-bond donors (Lipinski definition) is 4. The molecule has 4 N–H and O–H groups in total. The predicted octanol–water partition coefficient (Wildman–Crippen LogP) is 6.69. The lowest BCUT2D eigenvalue weighted by Crippen LogP contribution is -2.37. The summed E-state index contributed by atoms with van der Waals surface area (Å²) in [6, 6.07) is 18.2. The quantitative estimate of drug-likeness (QED) is 0.200. The van der Waals surface area contributed by atoms with Crippen LogP contribution in [0.2, 0.25) is 0 Å². The summed E-state index contributed by atoms with van der Waals surface area (Å²) in [5.74, 6) is 0. The summed E-state index contributed by atoms with van der Waals surface area (Å²) in [4.78, 5) is 0. The van der Waals surface area contributed by atoms with Crippen LogP contribution in [0.4, 0.5) is 0 Å². The smallest absolute Gasteiger partial charge is 0.0627 e. The van der Waals surface area contributed by atoms with Gasteiger partial charge in [0.15, 0.2) is 0 Å². The van der Waals surface area contributed by atoms with Crippen LogP contribution in [0, 0.1) is 5.41 Å². The Morgan fingerprint density at radius 3 is 0.865 bits per heavy atom. The van der Waals surface area contributed by atoms with Crippen LogP contribution >= 0.6 is 0 Å². The third-order valence-electron chi connectivity index (χ3n) is 6.60. The first-order chi connectivity index (χ1) is 18.0. The second kappa shape index (κ2) is 23.4. The Hall–Kier alpha value is -1.72. The van der Waals surface area contributed by atoms with E-state index in [-0.39, 0.29) is 0 Å². The minimum atomic E-state index is -1.11. The highest BCUT2D eigenvalue weighted by atomic mass is 16.3. The largest absolute Gasteiger partial charge is 0.396 e. The molecule has 2 aromatic rings. The van der Waals surface area contributed by atoms with E-state index in [0.29, 0.717) is 0 Å². The van der Waals surface area contributed by atoms with Crippen LogP contribution in [0.1, 0.15) is 101 Å². The minimum absolute atomic E-state index is 0.406. The Labute approximate surface area is 227 Å². The van der Waals surface area contributed by atoms with Gasteiger partial charge in [-0.05, 0) is 73.6 Å². The molecule has 0 radical (unpaired) electrons. The number of hydrogen-bond acceptors (Lipinski definition) is 4. The molecule has 0 bridgehead atoms. The molecule has 4 heteroatoms. The average Bonchev–Trinajstić information content (AvgIpc) is 2.95. The van der Waals surface area contributed by atoms with Gasteiger partial charge in [0, 0.05) is 0 Å². The van der Waals surface area contributed by atoms with E-state index in [0.717, 1.165) is 0 Å².